The Bertz CT molecular complexity index is 1730. The summed E-state index contributed by atoms with van der Waals surface area (Å²) < 4.78 is 46.0. The number of methoxy groups -OCH3 is 1. The van der Waals surface area contributed by atoms with Gasteiger partial charge in [0, 0.05) is 67.8 Å². The van der Waals surface area contributed by atoms with Gasteiger partial charge in [0.2, 0.25) is 11.8 Å². The van der Waals surface area contributed by atoms with E-state index in [9.17, 15) is 14.0 Å². The highest BCUT2D eigenvalue weighted by molar-refractivity contribution is 6.16. The summed E-state index contributed by atoms with van der Waals surface area (Å²) in [6.07, 6.45) is 3.13. The molecule has 0 atom stereocenters. The molecule has 1 aliphatic heterocycles. The van der Waals surface area contributed by atoms with Crippen LogP contribution in [0.5, 0.6) is 23.0 Å². The first-order chi connectivity index (χ1) is 23.3. The van der Waals surface area contributed by atoms with Gasteiger partial charge in [-0.25, -0.2) is 8.78 Å². The Morgan fingerprint density at radius 3 is 2.23 bits per heavy atom. The van der Waals surface area contributed by atoms with E-state index < -0.39 is 28.9 Å². The van der Waals surface area contributed by atoms with Crippen molar-refractivity contribution in [1.82, 2.24) is 15.2 Å². The van der Waals surface area contributed by atoms with E-state index in [2.05, 4.69) is 25.8 Å². The lowest BCUT2D eigenvalue weighted by molar-refractivity contribution is -0.131. The third-order valence-corrected chi connectivity index (χ3v) is 8.20. The maximum atomic E-state index is 15.2. The van der Waals surface area contributed by atoms with Crippen LogP contribution in [0.15, 0.2) is 66.9 Å². The zero-order chi connectivity index (χ0) is 34.1. The fourth-order valence-electron chi connectivity index (χ4n) is 5.39. The van der Waals surface area contributed by atoms with Crippen molar-refractivity contribution in [3.05, 3.63) is 78.5 Å². The number of hydrogen-bond donors (Lipinski definition) is 3. The largest absolute Gasteiger partial charge is 0.493 e. The maximum Gasteiger partial charge on any atom is 0.240 e. The average Bonchev–Trinajstić information content (AvgIpc) is 3.93. The second kappa shape index (κ2) is 15.9. The Morgan fingerprint density at radius 1 is 0.875 bits per heavy atom. The summed E-state index contributed by atoms with van der Waals surface area (Å²) in [6.45, 7) is 9.54. The van der Waals surface area contributed by atoms with Gasteiger partial charge < -0.3 is 35.1 Å². The number of piperazine rings is 1. The van der Waals surface area contributed by atoms with Crippen molar-refractivity contribution in [2.24, 2.45) is 5.41 Å². The van der Waals surface area contributed by atoms with Gasteiger partial charge >= 0.3 is 0 Å². The molecule has 1 aliphatic carbocycles. The van der Waals surface area contributed by atoms with Crippen LogP contribution in [0.2, 0.25) is 0 Å². The van der Waals surface area contributed by atoms with Gasteiger partial charge in [-0.15, -0.1) is 0 Å². The van der Waals surface area contributed by atoms with Crippen LogP contribution < -0.4 is 30.2 Å². The molecule has 48 heavy (non-hydrogen) atoms. The molecule has 0 spiro atoms. The zero-order valence-corrected chi connectivity index (χ0v) is 27.4. The molecule has 1 saturated heterocycles. The Hall–Kier alpha value is -4.81. The normalized spacial score (nSPS) is 15.1. The second-order valence-corrected chi connectivity index (χ2v) is 11.4. The van der Waals surface area contributed by atoms with Crippen molar-refractivity contribution >= 4 is 34.1 Å². The Balaban J connectivity index is 0.00000221. The minimum absolute atomic E-state index is 0.0621. The number of nitrogens with zero attached hydrogens (tertiary/aromatic N) is 2. The molecule has 4 aromatic rings. The molecule has 2 heterocycles. The summed E-state index contributed by atoms with van der Waals surface area (Å²) in [4.78, 5) is 32.7. The topological polar surface area (TPSA) is 114 Å². The number of nitrogens with one attached hydrogen (secondary N) is 3. The minimum Gasteiger partial charge on any atom is -0.493 e. The Morgan fingerprint density at radius 2 is 1.56 bits per heavy atom. The molecule has 1 saturated carbocycles. The first kappa shape index (κ1) is 34.5. The van der Waals surface area contributed by atoms with Crippen LogP contribution in [-0.4, -0.2) is 68.1 Å². The minimum atomic E-state index is -1.28. The first-order valence-electron chi connectivity index (χ1n) is 16.2. The lowest BCUT2D eigenvalue weighted by Crippen LogP contribution is -2.43. The monoisotopic (exact) mass is 661 g/mol. The summed E-state index contributed by atoms with van der Waals surface area (Å²) in [5.74, 6) is -0.828. The Labute approximate surface area is 278 Å². The van der Waals surface area contributed by atoms with E-state index in [0.29, 0.717) is 53.3 Å². The molecule has 6 rings (SSSR count). The number of pyridine rings is 1. The molecular formula is C36H41F2N5O5. The molecule has 12 heteroatoms. The number of halogens is 2. The summed E-state index contributed by atoms with van der Waals surface area (Å²) in [5.41, 5.74) is -0.128. The van der Waals surface area contributed by atoms with Crippen LogP contribution in [0.1, 0.15) is 33.1 Å². The SMILES string of the molecule is CC.COc1cc2c(Oc3ccc(NC(=O)C4(C(=O)Nc5ccc(F)cc5)CC4)cc3F)ccnc2cc1OCCCN1CCNCC1. The van der Waals surface area contributed by atoms with Gasteiger partial charge in [0.15, 0.2) is 23.1 Å². The molecule has 0 unspecified atom stereocenters. The molecular weight excluding hydrogens is 620 g/mol. The number of carbonyl (C=O) groups is 2. The molecule has 2 aliphatic rings. The van der Waals surface area contributed by atoms with Crippen molar-refractivity contribution in [2.75, 3.05) is 57.1 Å². The van der Waals surface area contributed by atoms with Gasteiger partial charge in [0.05, 0.1) is 19.2 Å². The van der Waals surface area contributed by atoms with Crippen LogP contribution in [0.3, 0.4) is 0 Å². The van der Waals surface area contributed by atoms with Crippen molar-refractivity contribution < 1.29 is 32.6 Å². The molecule has 2 amide bonds. The van der Waals surface area contributed by atoms with Crippen LogP contribution in [0.25, 0.3) is 10.9 Å². The molecule has 2 fully saturated rings. The van der Waals surface area contributed by atoms with Gasteiger partial charge in [-0.3, -0.25) is 14.6 Å². The second-order valence-electron chi connectivity index (χ2n) is 11.4. The van der Waals surface area contributed by atoms with Gasteiger partial charge in [-0.05, 0) is 67.8 Å². The number of aromatic nitrogens is 1. The highest BCUT2D eigenvalue weighted by Gasteiger charge is 2.56. The van der Waals surface area contributed by atoms with Gasteiger partial charge in [0.25, 0.3) is 0 Å². The molecule has 1 aromatic heterocycles. The van der Waals surface area contributed by atoms with Crippen LogP contribution >= 0.6 is 0 Å². The van der Waals surface area contributed by atoms with E-state index in [1.165, 1.54) is 36.4 Å². The summed E-state index contributed by atoms with van der Waals surface area (Å²) in [6, 6.07) is 14.5. The third kappa shape index (κ3) is 8.18. The van der Waals surface area contributed by atoms with E-state index in [4.69, 9.17) is 14.2 Å². The van der Waals surface area contributed by atoms with Crippen molar-refractivity contribution in [3.8, 4) is 23.0 Å². The number of carbonyl (C=O) groups excluding carboxylic acids is 2. The zero-order valence-electron chi connectivity index (χ0n) is 27.4. The van der Waals surface area contributed by atoms with E-state index in [1.807, 2.05) is 13.8 Å². The smallest absolute Gasteiger partial charge is 0.240 e. The predicted molar refractivity (Wildman–Crippen MR) is 181 cm³/mol. The molecule has 254 valence electrons. The summed E-state index contributed by atoms with van der Waals surface area (Å²) >= 11 is 0. The lowest BCUT2D eigenvalue weighted by atomic mass is 10.0. The highest BCUT2D eigenvalue weighted by Crippen LogP contribution is 2.47. The average molecular weight is 662 g/mol. The number of ether oxygens (including phenoxy) is 3. The van der Waals surface area contributed by atoms with Gasteiger partial charge in [-0.2, -0.15) is 0 Å². The number of rotatable bonds is 12. The van der Waals surface area contributed by atoms with Crippen molar-refractivity contribution in [3.63, 3.8) is 0 Å². The predicted octanol–water partition coefficient (Wildman–Crippen LogP) is 6.37. The molecule has 0 bridgehead atoms. The fraction of sp³-hybridized carbons (Fsp3) is 0.361. The molecule has 3 aromatic carbocycles. The maximum absolute atomic E-state index is 15.2. The number of benzene rings is 3. The van der Waals surface area contributed by atoms with Gasteiger partial charge in [-0.1, -0.05) is 13.8 Å². The van der Waals surface area contributed by atoms with Crippen molar-refractivity contribution in [1.29, 1.82) is 0 Å². The molecule has 10 nitrogen and oxygen atoms in total. The van der Waals surface area contributed by atoms with E-state index in [1.54, 1.807) is 31.5 Å². The Kier molecular flexibility index (Phi) is 11.4. The standard InChI is InChI=1S/C34H35F2N5O5.C2H6/c1-44-30-20-25-27(21-31(30)45-18-2-15-41-16-13-37-14-17-41)38-12-9-28(25)46-29-8-7-24(19-26(29)36)40-33(43)34(10-11-34)32(42)39-23-5-3-22(35)4-6-23;1-2/h3-9,12,19-21,37H,2,10-11,13-18H2,1H3,(H,39,42)(H,40,43);1-2H3. The number of anilines is 2. The van der Waals surface area contributed by atoms with E-state index in [0.717, 1.165) is 45.2 Å². The quantitative estimate of drug-likeness (QED) is 0.119. The van der Waals surface area contributed by atoms with E-state index in [-0.39, 0.29) is 11.4 Å². The number of hydrogen-bond acceptors (Lipinski definition) is 8. The van der Waals surface area contributed by atoms with Crippen molar-refractivity contribution in [2.45, 2.75) is 33.1 Å². The third-order valence-electron chi connectivity index (χ3n) is 8.20. The highest BCUT2D eigenvalue weighted by atomic mass is 19.1. The number of fused-ring (bicyclic) bond motifs is 1. The van der Waals surface area contributed by atoms with Crippen LogP contribution in [-0.2, 0) is 9.59 Å². The molecule has 0 radical (unpaired) electrons. The summed E-state index contributed by atoms with van der Waals surface area (Å²) in [5, 5.41) is 9.25. The van der Waals surface area contributed by atoms with Gasteiger partial charge in [0.1, 0.15) is 17.0 Å². The fourth-order valence-corrected chi connectivity index (χ4v) is 5.39. The van der Waals surface area contributed by atoms with Crippen LogP contribution in [0, 0.1) is 17.0 Å². The summed E-state index contributed by atoms with van der Waals surface area (Å²) in [7, 11) is 1.55. The lowest BCUT2D eigenvalue weighted by Gasteiger charge is -2.27. The number of amides is 2. The van der Waals surface area contributed by atoms with E-state index >= 15 is 4.39 Å². The molecule has 3 N–H and O–H groups in total. The van der Waals surface area contributed by atoms with Crippen LogP contribution in [0.4, 0.5) is 20.2 Å². The first-order valence-corrected chi connectivity index (χ1v) is 16.2.